The highest BCUT2D eigenvalue weighted by Gasteiger charge is 2.00. The monoisotopic (exact) mass is 237 g/mol. The van der Waals surface area contributed by atoms with Crippen molar-refractivity contribution in [2.24, 2.45) is 0 Å². The minimum atomic E-state index is 0.294. The van der Waals surface area contributed by atoms with Crippen LogP contribution in [0.2, 0.25) is 5.02 Å². The molecule has 86 valence electrons. The summed E-state index contributed by atoms with van der Waals surface area (Å²) < 4.78 is 2.24. The van der Waals surface area contributed by atoms with Gasteiger partial charge in [0.2, 0.25) is 0 Å². The first-order chi connectivity index (χ1) is 7.81. The Morgan fingerprint density at radius 3 is 2.81 bits per heavy atom. The molecule has 0 saturated carbocycles. The highest BCUT2D eigenvalue weighted by molar-refractivity contribution is 6.31. The summed E-state index contributed by atoms with van der Waals surface area (Å²) in [6.45, 7) is 1.30. The SMILES string of the molecule is OCCCCCn1ccc2cc(Cl)ccc21. The summed E-state index contributed by atoms with van der Waals surface area (Å²) in [4.78, 5) is 0. The first kappa shape index (κ1) is 11.5. The molecule has 0 aliphatic rings. The number of hydrogen-bond donors (Lipinski definition) is 1. The molecule has 1 aromatic carbocycles. The molecule has 1 heterocycles. The number of aryl methyl sites for hydroxylation is 1. The van der Waals surface area contributed by atoms with E-state index in [0.717, 1.165) is 30.8 Å². The highest BCUT2D eigenvalue weighted by atomic mass is 35.5. The van der Waals surface area contributed by atoms with Gasteiger partial charge in [-0.05, 0) is 43.5 Å². The number of benzene rings is 1. The lowest BCUT2D eigenvalue weighted by Gasteiger charge is -2.04. The topological polar surface area (TPSA) is 25.2 Å². The van der Waals surface area contributed by atoms with Gasteiger partial charge in [-0.1, -0.05) is 11.6 Å². The zero-order valence-corrected chi connectivity index (χ0v) is 9.95. The maximum absolute atomic E-state index is 8.70. The Labute approximate surface area is 100 Å². The molecule has 0 spiro atoms. The fraction of sp³-hybridized carbons (Fsp3) is 0.385. The van der Waals surface area contributed by atoms with Gasteiger partial charge < -0.3 is 9.67 Å². The van der Waals surface area contributed by atoms with Crippen molar-refractivity contribution >= 4 is 22.5 Å². The van der Waals surface area contributed by atoms with Crippen LogP contribution in [-0.2, 0) is 6.54 Å². The molecule has 16 heavy (non-hydrogen) atoms. The van der Waals surface area contributed by atoms with Gasteiger partial charge in [0.25, 0.3) is 0 Å². The number of unbranched alkanes of at least 4 members (excludes halogenated alkanes) is 2. The third-order valence-corrected chi connectivity index (χ3v) is 3.03. The van der Waals surface area contributed by atoms with Gasteiger partial charge >= 0.3 is 0 Å². The average Bonchev–Trinajstić information content (AvgIpc) is 2.67. The summed E-state index contributed by atoms with van der Waals surface area (Å²) >= 11 is 5.94. The van der Waals surface area contributed by atoms with E-state index in [4.69, 9.17) is 16.7 Å². The summed E-state index contributed by atoms with van der Waals surface area (Å²) in [5.41, 5.74) is 1.23. The van der Waals surface area contributed by atoms with Crippen LogP contribution in [0.15, 0.2) is 30.5 Å². The summed E-state index contributed by atoms with van der Waals surface area (Å²) in [6.07, 6.45) is 5.17. The summed E-state index contributed by atoms with van der Waals surface area (Å²) in [5, 5.41) is 10.7. The zero-order valence-electron chi connectivity index (χ0n) is 9.19. The van der Waals surface area contributed by atoms with Crippen molar-refractivity contribution in [3.05, 3.63) is 35.5 Å². The second-order valence-electron chi connectivity index (χ2n) is 4.00. The van der Waals surface area contributed by atoms with Crippen molar-refractivity contribution in [2.75, 3.05) is 6.61 Å². The number of aliphatic hydroxyl groups excluding tert-OH is 1. The van der Waals surface area contributed by atoms with Crippen LogP contribution < -0.4 is 0 Å². The maximum Gasteiger partial charge on any atom is 0.0481 e. The van der Waals surface area contributed by atoms with E-state index in [1.807, 2.05) is 12.1 Å². The molecule has 2 nitrogen and oxygen atoms in total. The second-order valence-corrected chi connectivity index (χ2v) is 4.43. The van der Waals surface area contributed by atoms with E-state index < -0.39 is 0 Å². The number of nitrogens with zero attached hydrogens (tertiary/aromatic N) is 1. The minimum absolute atomic E-state index is 0.294. The fourth-order valence-electron chi connectivity index (χ4n) is 1.94. The van der Waals surface area contributed by atoms with Crippen LogP contribution in [0.25, 0.3) is 10.9 Å². The molecule has 3 heteroatoms. The molecule has 0 unspecified atom stereocenters. The van der Waals surface area contributed by atoms with Crippen LogP contribution >= 0.6 is 11.6 Å². The highest BCUT2D eigenvalue weighted by Crippen LogP contribution is 2.20. The smallest absolute Gasteiger partial charge is 0.0481 e. The standard InChI is InChI=1S/C13H16ClNO/c14-12-4-5-13-11(10-12)6-8-15(13)7-2-1-3-9-16/h4-6,8,10,16H,1-3,7,9H2. The van der Waals surface area contributed by atoms with Crippen LogP contribution in [0.5, 0.6) is 0 Å². The van der Waals surface area contributed by atoms with Crippen molar-refractivity contribution in [3.63, 3.8) is 0 Å². The Morgan fingerprint density at radius 1 is 1.12 bits per heavy atom. The number of rotatable bonds is 5. The molecule has 2 aromatic rings. The normalized spacial score (nSPS) is 11.1. The average molecular weight is 238 g/mol. The van der Waals surface area contributed by atoms with Gasteiger partial charge in [0, 0.05) is 35.3 Å². The van der Waals surface area contributed by atoms with E-state index in [1.54, 1.807) is 0 Å². The van der Waals surface area contributed by atoms with Crippen LogP contribution in [0.4, 0.5) is 0 Å². The Balaban J connectivity index is 2.07. The van der Waals surface area contributed by atoms with Crippen molar-refractivity contribution in [1.82, 2.24) is 4.57 Å². The number of aromatic nitrogens is 1. The molecular weight excluding hydrogens is 222 g/mol. The van der Waals surface area contributed by atoms with Crippen molar-refractivity contribution in [2.45, 2.75) is 25.8 Å². The zero-order chi connectivity index (χ0) is 11.4. The molecule has 0 saturated heterocycles. The lowest BCUT2D eigenvalue weighted by atomic mass is 10.2. The van der Waals surface area contributed by atoms with Crippen molar-refractivity contribution in [3.8, 4) is 0 Å². The van der Waals surface area contributed by atoms with Gasteiger partial charge in [0.05, 0.1) is 0 Å². The quantitative estimate of drug-likeness (QED) is 0.792. The Morgan fingerprint density at radius 2 is 2.00 bits per heavy atom. The van der Waals surface area contributed by atoms with Gasteiger partial charge in [-0.25, -0.2) is 0 Å². The van der Waals surface area contributed by atoms with Crippen LogP contribution in [0, 0.1) is 0 Å². The summed E-state index contributed by atoms with van der Waals surface area (Å²) in [5.74, 6) is 0. The van der Waals surface area contributed by atoms with Crippen LogP contribution in [0.3, 0.4) is 0 Å². The molecular formula is C13H16ClNO. The van der Waals surface area contributed by atoms with E-state index in [0.29, 0.717) is 6.61 Å². The molecule has 0 radical (unpaired) electrons. The lowest BCUT2D eigenvalue weighted by Crippen LogP contribution is -1.96. The van der Waals surface area contributed by atoms with E-state index in [2.05, 4.69) is 22.9 Å². The van der Waals surface area contributed by atoms with Gasteiger partial charge in [0.1, 0.15) is 0 Å². The number of aliphatic hydroxyl groups is 1. The Bertz CT molecular complexity index is 464. The molecule has 1 N–H and O–H groups in total. The first-order valence-electron chi connectivity index (χ1n) is 5.66. The van der Waals surface area contributed by atoms with E-state index in [9.17, 15) is 0 Å². The summed E-state index contributed by atoms with van der Waals surface area (Å²) in [6, 6.07) is 8.06. The first-order valence-corrected chi connectivity index (χ1v) is 6.04. The molecule has 0 atom stereocenters. The molecule has 2 rings (SSSR count). The van der Waals surface area contributed by atoms with Gasteiger partial charge in [-0.2, -0.15) is 0 Å². The second kappa shape index (κ2) is 5.37. The number of fused-ring (bicyclic) bond motifs is 1. The van der Waals surface area contributed by atoms with Crippen molar-refractivity contribution < 1.29 is 5.11 Å². The third kappa shape index (κ3) is 2.57. The maximum atomic E-state index is 8.70. The Hall–Kier alpha value is -0.990. The molecule has 0 aliphatic carbocycles. The minimum Gasteiger partial charge on any atom is -0.396 e. The van der Waals surface area contributed by atoms with E-state index >= 15 is 0 Å². The van der Waals surface area contributed by atoms with Gasteiger partial charge in [-0.3, -0.25) is 0 Å². The lowest BCUT2D eigenvalue weighted by molar-refractivity contribution is 0.282. The predicted octanol–water partition coefficient (Wildman–Crippen LogP) is 3.46. The number of hydrogen-bond acceptors (Lipinski definition) is 1. The van der Waals surface area contributed by atoms with E-state index in [1.165, 1.54) is 10.9 Å². The molecule has 0 bridgehead atoms. The Kier molecular flexibility index (Phi) is 3.86. The fourth-order valence-corrected chi connectivity index (χ4v) is 2.12. The molecule has 0 amide bonds. The predicted molar refractivity (Wildman–Crippen MR) is 67.9 cm³/mol. The number of halogens is 1. The van der Waals surface area contributed by atoms with Gasteiger partial charge in [0.15, 0.2) is 0 Å². The van der Waals surface area contributed by atoms with Crippen LogP contribution in [0.1, 0.15) is 19.3 Å². The summed E-state index contributed by atoms with van der Waals surface area (Å²) in [7, 11) is 0. The van der Waals surface area contributed by atoms with Gasteiger partial charge in [-0.15, -0.1) is 0 Å². The third-order valence-electron chi connectivity index (χ3n) is 2.79. The van der Waals surface area contributed by atoms with E-state index in [-0.39, 0.29) is 0 Å². The molecule has 0 fully saturated rings. The molecule has 0 aliphatic heterocycles. The van der Waals surface area contributed by atoms with Crippen molar-refractivity contribution in [1.29, 1.82) is 0 Å². The molecule has 1 aromatic heterocycles. The largest absolute Gasteiger partial charge is 0.396 e. The van der Waals surface area contributed by atoms with Crippen LogP contribution in [-0.4, -0.2) is 16.3 Å².